The third-order valence-corrected chi connectivity index (χ3v) is 2.79. The number of aryl methyl sites for hydroxylation is 1. The average molecular weight is 236 g/mol. The highest BCUT2D eigenvalue weighted by molar-refractivity contribution is 6.03. The van der Waals surface area contributed by atoms with E-state index in [9.17, 15) is 4.79 Å². The quantitative estimate of drug-likeness (QED) is 0.554. The Morgan fingerprint density at radius 3 is 2.82 bits per heavy atom. The van der Waals surface area contributed by atoms with Gasteiger partial charge in [-0.15, -0.1) is 0 Å². The van der Waals surface area contributed by atoms with Crippen molar-refractivity contribution in [3.63, 3.8) is 0 Å². The summed E-state index contributed by atoms with van der Waals surface area (Å²) in [6.45, 7) is 7.44. The van der Waals surface area contributed by atoms with E-state index in [1.165, 1.54) is 6.92 Å². The first kappa shape index (κ1) is 11.8. The Balaban J connectivity index is 2.41. The van der Waals surface area contributed by atoms with Crippen LogP contribution in [-0.4, -0.2) is 16.8 Å². The fraction of sp³-hybridized carbons (Fsp3) is 0.583. The summed E-state index contributed by atoms with van der Waals surface area (Å²) in [6, 6.07) is 0. The highest BCUT2D eigenvalue weighted by Crippen LogP contribution is 2.36. The van der Waals surface area contributed by atoms with Crippen LogP contribution in [0, 0.1) is 12.3 Å². The van der Waals surface area contributed by atoms with E-state index in [0.29, 0.717) is 0 Å². The molecule has 0 N–H and O–H groups in total. The van der Waals surface area contributed by atoms with Gasteiger partial charge in [0.05, 0.1) is 17.0 Å². The third-order valence-electron chi connectivity index (χ3n) is 2.79. The number of hydrogen-bond donors (Lipinski definition) is 0. The number of aromatic nitrogens is 1. The zero-order valence-corrected chi connectivity index (χ0v) is 10.5. The minimum atomic E-state index is -0.420. The van der Waals surface area contributed by atoms with Gasteiger partial charge in [0, 0.05) is 13.3 Å². The lowest BCUT2D eigenvalue weighted by molar-refractivity contribution is -0.140. The van der Waals surface area contributed by atoms with Gasteiger partial charge in [-0.1, -0.05) is 24.2 Å². The van der Waals surface area contributed by atoms with Crippen LogP contribution in [0.25, 0.3) is 0 Å². The van der Waals surface area contributed by atoms with Crippen molar-refractivity contribution in [2.75, 3.05) is 0 Å². The van der Waals surface area contributed by atoms with E-state index in [2.05, 4.69) is 24.2 Å². The summed E-state index contributed by atoms with van der Waals surface area (Å²) < 4.78 is 5.29. The maximum Gasteiger partial charge on any atom is 0.331 e. The molecule has 0 fully saturated rings. The lowest BCUT2D eigenvalue weighted by Gasteiger charge is -2.28. The topological polar surface area (TPSA) is 64.7 Å². The molecule has 5 nitrogen and oxygen atoms in total. The molecule has 17 heavy (non-hydrogen) atoms. The lowest BCUT2D eigenvalue weighted by atomic mass is 9.76. The van der Waals surface area contributed by atoms with Crippen LogP contribution < -0.4 is 0 Å². The van der Waals surface area contributed by atoms with E-state index in [-0.39, 0.29) is 5.41 Å². The van der Waals surface area contributed by atoms with E-state index in [1.807, 2.05) is 6.92 Å². The Hall–Kier alpha value is -1.65. The minimum Gasteiger partial charge on any atom is -0.360 e. The third kappa shape index (κ3) is 2.38. The van der Waals surface area contributed by atoms with E-state index >= 15 is 0 Å². The van der Waals surface area contributed by atoms with E-state index < -0.39 is 5.97 Å². The van der Waals surface area contributed by atoms with Crippen molar-refractivity contribution in [3.8, 4) is 0 Å². The summed E-state index contributed by atoms with van der Waals surface area (Å²) in [5, 5.41) is 7.86. The Kier molecular flexibility index (Phi) is 2.77. The van der Waals surface area contributed by atoms with Gasteiger partial charge in [0.1, 0.15) is 5.76 Å². The maximum absolute atomic E-state index is 10.8. The van der Waals surface area contributed by atoms with Crippen LogP contribution in [0.2, 0.25) is 0 Å². The molecule has 1 aliphatic rings. The predicted molar refractivity (Wildman–Crippen MR) is 61.6 cm³/mol. The van der Waals surface area contributed by atoms with E-state index in [0.717, 1.165) is 35.6 Å². The number of carbonyl (C=O) groups is 1. The number of nitrogens with zero attached hydrogens (tertiary/aromatic N) is 2. The molecule has 1 aromatic rings. The van der Waals surface area contributed by atoms with Gasteiger partial charge in [0.2, 0.25) is 0 Å². The lowest BCUT2D eigenvalue weighted by Crippen LogP contribution is -2.27. The molecule has 0 saturated heterocycles. The highest BCUT2D eigenvalue weighted by Gasteiger charge is 2.34. The van der Waals surface area contributed by atoms with E-state index in [4.69, 9.17) is 9.36 Å². The molecule has 0 aromatic carbocycles. The van der Waals surface area contributed by atoms with Crippen molar-refractivity contribution in [2.45, 2.75) is 40.5 Å². The van der Waals surface area contributed by atoms with Crippen LogP contribution in [0.4, 0.5) is 0 Å². The zero-order chi connectivity index (χ0) is 12.6. The van der Waals surface area contributed by atoms with Gasteiger partial charge in [0.25, 0.3) is 0 Å². The molecule has 0 saturated carbocycles. The first-order valence-electron chi connectivity index (χ1n) is 5.59. The normalized spacial score (nSPS) is 20.1. The standard InChI is InChI=1S/C12H16N2O3/c1-7-11-9(14-16-8(2)15)5-12(3,4)6-10(11)17-13-7/h5-6H2,1-4H3/b14-9+. The van der Waals surface area contributed by atoms with Crippen LogP contribution in [0.15, 0.2) is 9.68 Å². The van der Waals surface area contributed by atoms with Gasteiger partial charge < -0.3 is 9.36 Å². The van der Waals surface area contributed by atoms with Gasteiger partial charge >= 0.3 is 5.97 Å². The van der Waals surface area contributed by atoms with E-state index in [1.54, 1.807) is 0 Å². The summed E-state index contributed by atoms with van der Waals surface area (Å²) >= 11 is 0. The largest absolute Gasteiger partial charge is 0.360 e. The van der Waals surface area contributed by atoms with Crippen molar-refractivity contribution in [3.05, 3.63) is 17.0 Å². The average Bonchev–Trinajstić information content (AvgIpc) is 2.54. The molecule has 0 atom stereocenters. The number of rotatable bonds is 1. The number of oxime groups is 1. The van der Waals surface area contributed by atoms with Gasteiger partial charge in [-0.25, -0.2) is 4.79 Å². The summed E-state index contributed by atoms with van der Waals surface area (Å²) in [6.07, 6.45) is 1.57. The second kappa shape index (κ2) is 3.98. The molecule has 1 aromatic heterocycles. The predicted octanol–water partition coefficient (Wildman–Crippen LogP) is 2.22. The fourth-order valence-corrected chi connectivity index (χ4v) is 2.14. The molecule has 2 rings (SSSR count). The second-order valence-corrected chi connectivity index (χ2v) is 5.20. The Morgan fingerprint density at radius 1 is 1.47 bits per heavy atom. The van der Waals surface area contributed by atoms with Crippen molar-refractivity contribution in [1.82, 2.24) is 5.16 Å². The number of carbonyl (C=O) groups excluding carboxylic acids is 1. The fourth-order valence-electron chi connectivity index (χ4n) is 2.14. The Bertz CT molecular complexity index is 486. The monoisotopic (exact) mass is 236 g/mol. The first-order chi connectivity index (χ1) is 7.89. The maximum atomic E-state index is 10.8. The highest BCUT2D eigenvalue weighted by atomic mass is 16.7. The molecule has 0 bridgehead atoms. The number of hydrogen-bond acceptors (Lipinski definition) is 5. The Labute approximate surface area is 99.8 Å². The SMILES string of the molecule is CC(=O)O/N=C1\CC(C)(C)Cc2onc(C)c21. The van der Waals surface area contributed by atoms with Crippen LogP contribution in [0.5, 0.6) is 0 Å². The summed E-state index contributed by atoms with van der Waals surface area (Å²) in [5.74, 6) is 0.404. The Morgan fingerprint density at radius 2 is 2.18 bits per heavy atom. The smallest absolute Gasteiger partial charge is 0.331 e. The zero-order valence-electron chi connectivity index (χ0n) is 10.5. The summed E-state index contributed by atoms with van der Waals surface area (Å²) in [5.41, 5.74) is 2.47. The van der Waals surface area contributed by atoms with Crippen molar-refractivity contribution >= 4 is 11.7 Å². The van der Waals surface area contributed by atoms with Crippen LogP contribution in [-0.2, 0) is 16.1 Å². The summed E-state index contributed by atoms with van der Waals surface area (Å²) in [4.78, 5) is 15.6. The second-order valence-electron chi connectivity index (χ2n) is 5.20. The molecule has 1 heterocycles. The van der Waals surface area contributed by atoms with Gasteiger partial charge in [-0.3, -0.25) is 0 Å². The molecule has 0 spiro atoms. The van der Waals surface area contributed by atoms with Crippen LogP contribution in [0.1, 0.15) is 44.2 Å². The number of fused-ring (bicyclic) bond motifs is 1. The molecule has 5 heteroatoms. The van der Waals surface area contributed by atoms with Gasteiger partial charge in [0.15, 0.2) is 0 Å². The molecule has 0 radical (unpaired) electrons. The molecular formula is C12H16N2O3. The molecule has 0 amide bonds. The molecular weight excluding hydrogens is 220 g/mol. The first-order valence-corrected chi connectivity index (χ1v) is 5.59. The molecule has 0 aliphatic heterocycles. The van der Waals surface area contributed by atoms with Crippen molar-refractivity contribution in [2.24, 2.45) is 10.6 Å². The minimum absolute atomic E-state index is 0.0396. The van der Waals surface area contributed by atoms with Crippen molar-refractivity contribution in [1.29, 1.82) is 0 Å². The molecule has 1 aliphatic carbocycles. The molecule has 92 valence electrons. The molecule has 0 unspecified atom stereocenters. The van der Waals surface area contributed by atoms with Gasteiger partial charge in [-0.05, 0) is 18.8 Å². The van der Waals surface area contributed by atoms with Crippen LogP contribution in [0.3, 0.4) is 0 Å². The summed E-state index contributed by atoms with van der Waals surface area (Å²) in [7, 11) is 0. The van der Waals surface area contributed by atoms with Gasteiger partial charge in [-0.2, -0.15) is 0 Å². The van der Waals surface area contributed by atoms with Crippen molar-refractivity contribution < 1.29 is 14.2 Å². The van der Waals surface area contributed by atoms with Crippen LogP contribution >= 0.6 is 0 Å².